The molecule has 2 aliphatic rings. The zero-order valence-electron chi connectivity index (χ0n) is 21.2. The molecule has 3 aromatic rings. The highest BCUT2D eigenvalue weighted by Gasteiger charge is 2.32. The van der Waals surface area contributed by atoms with E-state index in [1.165, 1.54) is 25.7 Å². The fraction of sp³-hybridized carbons (Fsp3) is 0.387. The van der Waals surface area contributed by atoms with E-state index in [-0.39, 0.29) is 40.9 Å². The molecule has 5 rings (SSSR count). The van der Waals surface area contributed by atoms with Crippen molar-refractivity contribution < 1.29 is 24.9 Å². The molecule has 1 aliphatic carbocycles. The van der Waals surface area contributed by atoms with Crippen molar-refractivity contribution in [3.63, 3.8) is 0 Å². The van der Waals surface area contributed by atoms with Crippen molar-refractivity contribution >= 4 is 5.78 Å². The third-order valence-electron chi connectivity index (χ3n) is 7.70. The van der Waals surface area contributed by atoms with Gasteiger partial charge in [-0.05, 0) is 97.3 Å². The summed E-state index contributed by atoms with van der Waals surface area (Å²) < 4.78 is 5.99. The van der Waals surface area contributed by atoms with Gasteiger partial charge < -0.3 is 20.1 Å². The highest BCUT2D eigenvalue weighted by molar-refractivity contribution is 6.02. The van der Waals surface area contributed by atoms with Crippen LogP contribution in [0.4, 0.5) is 0 Å². The third-order valence-corrected chi connectivity index (χ3v) is 7.70. The molecule has 3 N–H and O–H groups in total. The van der Waals surface area contributed by atoms with Gasteiger partial charge in [0, 0.05) is 13.0 Å². The first-order valence-corrected chi connectivity index (χ1v) is 13.3. The minimum atomic E-state index is -0.332. The summed E-state index contributed by atoms with van der Waals surface area (Å²) in [7, 11) is 0. The van der Waals surface area contributed by atoms with Gasteiger partial charge in [0.1, 0.15) is 18.1 Å². The summed E-state index contributed by atoms with van der Waals surface area (Å²) in [5, 5.41) is 30.5. The maximum absolute atomic E-state index is 13.1. The number of benzene rings is 3. The Bertz CT molecular complexity index is 1230. The first-order valence-electron chi connectivity index (χ1n) is 13.3. The number of carbonyl (C=O) groups excluding carboxylic acids is 1. The van der Waals surface area contributed by atoms with Gasteiger partial charge in [0.05, 0.1) is 5.56 Å². The molecule has 3 aromatic carbocycles. The average molecular weight is 502 g/mol. The number of ether oxygens (including phenoxy) is 1. The monoisotopic (exact) mass is 501 g/mol. The quantitative estimate of drug-likeness (QED) is 0.367. The molecule has 0 bridgehead atoms. The zero-order valence-corrected chi connectivity index (χ0v) is 21.2. The van der Waals surface area contributed by atoms with Gasteiger partial charge in [-0.2, -0.15) is 0 Å². The predicted octanol–water partition coefficient (Wildman–Crippen LogP) is 5.56. The number of carbonyl (C=O) groups is 1. The topological polar surface area (TPSA) is 90.2 Å². The molecule has 6 nitrogen and oxygen atoms in total. The minimum Gasteiger partial charge on any atom is -0.508 e. The summed E-state index contributed by atoms with van der Waals surface area (Å²) in [4.78, 5) is 15.5. The van der Waals surface area contributed by atoms with Crippen LogP contribution in [0.3, 0.4) is 0 Å². The SMILES string of the molecule is O=C1CC(c2ccc(O)cc2)Cc2c(Cc3ccc(OCCN4CCCCCC4)cc3)cc(O)c(O)c21. The van der Waals surface area contributed by atoms with Gasteiger partial charge in [-0.25, -0.2) is 0 Å². The van der Waals surface area contributed by atoms with Crippen LogP contribution in [0.15, 0.2) is 54.6 Å². The normalized spacial score (nSPS) is 18.3. The van der Waals surface area contributed by atoms with Crippen LogP contribution >= 0.6 is 0 Å². The van der Waals surface area contributed by atoms with Gasteiger partial charge in [0.25, 0.3) is 0 Å². The summed E-state index contributed by atoms with van der Waals surface area (Å²) in [5.41, 5.74) is 3.85. The summed E-state index contributed by atoms with van der Waals surface area (Å²) in [5.74, 6) is 0.186. The van der Waals surface area contributed by atoms with Crippen LogP contribution in [0.25, 0.3) is 0 Å². The molecule has 0 saturated carbocycles. The van der Waals surface area contributed by atoms with E-state index < -0.39 is 0 Å². The van der Waals surface area contributed by atoms with Gasteiger partial charge in [0.15, 0.2) is 17.3 Å². The highest BCUT2D eigenvalue weighted by atomic mass is 16.5. The highest BCUT2D eigenvalue weighted by Crippen LogP contribution is 2.43. The smallest absolute Gasteiger partial charge is 0.168 e. The Morgan fingerprint density at radius 1 is 0.865 bits per heavy atom. The Labute approximate surface area is 218 Å². The Morgan fingerprint density at radius 2 is 1.57 bits per heavy atom. The fourth-order valence-corrected chi connectivity index (χ4v) is 5.65. The van der Waals surface area contributed by atoms with E-state index >= 15 is 0 Å². The molecular formula is C31H35NO5. The number of ketones is 1. The van der Waals surface area contributed by atoms with Gasteiger partial charge in [-0.3, -0.25) is 9.69 Å². The number of hydrogen-bond acceptors (Lipinski definition) is 6. The number of fused-ring (bicyclic) bond motifs is 1. The van der Waals surface area contributed by atoms with Gasteiger partial charge in [0.2, 0.25) is 0 Å². The number of nitrogens with zero attached hydrogens (tertiary/aromatic N) is 1. The van der Waals surface area contributed by atoms with Crippen LogP contribution < -0.4 is 4.74 Å². The molecule has 0 amide bonds. The van der Waals surface area contributed by atoms with Crippen LogP contribution in [0.1, 0.15) is 70.6 Å². The second-order valence-electron chi connectivity index (χ2n) is 10.3. The molecule has 194 valence electrons. The predicted molar refractivity (Wildman–Crippen MR) is 143 cm³/mol. The first kappa shape index (κ1) is 25.2. The Hall–Kier alpha value is -3.51. The van der Waals surface area contributed by atoms with E-state index in [0.717, 1.165) is 47.6 Å². The van der Waals surface area contributed by atoms with Crippen molar-refractivity contribution in [2.75, 3.05) is 26.2 Å². The summed E-state index contributed by atoms with van der Waals surface area (Å²) >= 11 is 0. The number of rotatable bonds is 7. The van der Waals surface area contributed by atoms with E-state index in [1.54, 1.807) is 18.2 Å². The van der Waals surface area contributed by atoms with E-state index in [4.69, 9.17) is 4.74 Å². The Balaban J connectivity index is 1.29. The van der Waals surface area contributed by atoms with Crippen molar-refractivity contribution in [1.82, 2.24) is 4.90 Å². The van der Waals surface area contributed by atoms with Crippen LogP contribution in [-0.4, -0.2) is 52.2 Å². The molecule has 37 heavy (non-hydrogen) atoms. The van der Waals surface area contributed by atoms with E-state index in [9.17, 15) is 20.1 Å². The average Bonchev–Trinajstić information content (AvgIpc) is 3.17. The lowest BCUT2D eigenvalue weighted by Gasteiger charge is -2.27. The minimum absolute atomic E-state index is 0.0525. The molecule has 0 spiro atoms. The maximum atomic E-state index is 13.1. The molecular weight excluding hydrogens is 466 g/mol. The summed E-state index contributed by atoms with van der Waals surface area (Å²) in [6.07, 6.45) is 6.54. The standard InChI is InChI=1S/C31H35NO5/c33-25-9-7-22(8-10-25)23-18-27-24(20-29(35)31(36)30(27)28(34)19-23)17-21-5-11-26(12-6-21)37-16-15-32-13-3-1-2-4-14-32/h5-12,20,23,33,35-36H,1-4,13-19H2. The number of phenols is 3. The van der Waals surface area contributed by atoms with Gasteiger partial charge in [-0.1, -0.05) is 37.1 Å². The molecule has 0 aromatic heterocycles. The molecule has 1 aliphatic heterocycles. The number of aromatic hydroxyl groups is 3. The summed E-state index contributed by atoms with van der Waals surface area (Å²) in [6, 6.07) is 16.5. The summed E-state index contributed by atoms with van der Waals surface area (Å²) in [6.45, 7) is 3.92. The number of phenolic OH excluding ortho intramolecular Hbond substituents is 3. The third kappa shape index (κ3) is 5.91. The van der Waals surface area contributed by atoms with Crippen molar-refractivity contribution in [3.05, 3.63) is 82.4 Å². The van der Waals surface area contributed by atoms with Gasteiger partial charge in [-0.15, -0.1) is 0 Å². The second-order valence-corrected chi connectivity index (χ2v) is 10.3. The zero-order chi connectivity index (χ0) is 25.8. The largest absolute Gasteiger partial charge is 0.508 e. The van der Waals surface area contributed by atoms with E-state index in [0.29, 0.717) is 19.4 Å². The second kappa shape index (κ2) is 11.3. The fourth-order valence-electron chi connectivity index (χ4n) is 5.65. The van der Waals surface area contributed by atoms with Crippen LogP contribution in [0, 0.1) is 0 Å². The number of likely N-dealkylation sites (tertiary alicyclic amines) is 1. The first-order chi connectivity index (χ1) is 18.0. The molecule has 1 saturated heterocycles. The van der Waals surface area contributed by atoms with Crippen LogP contribution in [-0.2, 0) is 12.8 Å². The van der Waals surface area contributed by atoms with Crippen molar-refractivity contribution in [3.8, 4) is 23.0 Å². The molecule has 1 fully saturated rings. The lowest BCUT2D eigenvalue weighted by Crippen LogP contribution is -2.29. The van der Waals surface area contributed by atoms with Crippen LogP contribution in [0.2, 0.25) is 0 Å². The van der Waals surface area contributed by atoms with Gasteiger partial charge >= 0.3 is 0 Å². The lowest BCUT2D eigenvalue weighted by atomic mass is 9.76. The lowest BCUT2D eigenvalue weighted by molar-refractivity contribution is 0.0960. The molecule has 0 radical (unpaired) electrons. The van der Waals surface area contributed by atoms with Crippen LogP contribution in [0.5, 0.6) is 23.0 Å². The van der Waals surface area contributed by atoms with E-state index in [1.807, 2.05) is 36.4 Å². The number of Topliss-reactive ketones (excluding diaryl/α,β-unsaturated/α-hetero) is 1. The van der Waals surface area contributed by atoms with Crippen molar-refractivity contribution in [2.45, 2.75) is 50.9 Å². The Morgan fingerprint density at radius 3 is 2.27 bits per heavy atom. The molecule has 1 atom stereocenters. The van der Waals surface area contributed by atoms with Crippen molar-refractivity contribution in [2.24, 2.45) is 0 Å². The van der Waals surface area contributed by atoms with Crippen molar-refractivity contribution in [1.29, 1.82) is 0 Å². The van der Waals surface area contributed by atoms with E-state index in [2.05, 4.69) is 4.90 Å². The molecule has 1 heterocycles. The Kier molecular flexibility index (Phi) is 7.65. The molecule has 6 heteroatoms. The maximum Gasteiger partial charge on any atom is 0.168 e. The molecule has 1 unspecified atom stereocenters. The number of hydrogen-bond donors (Lipinski definition) is 3.